The summed E-state index contributed by atoms with van der Waals surface area (Å²) in [5.74, 6) is 0. The highest BCUT2D eigenvalue weighted by atomic mass is 32.1. The molecule has 1 aromatic carbocycles. The lowest BCUT2D eigenvalue weighted by molar-refractivity contribution is 0.976. The van der Waals surface area contributed by atoms with Crippen LogP contribution in [0.3, 0.4) is 0 Å². The highest BCUT2D eigenvalue weighted by Gasteiger charge is 1.99. The molecule has 0 bridgehead atoms. The predicted molar refractivity (Wildman–Crippen MR) is 73.2 cm³/mol. The van der Waals surface area contributed by atoms with E-state index >= 15 is 0 Å². The molecule has 3 rings (SSSR count). The van der Waals surface area contributed by atoms with Crippen LogP contribution in [0.1, 0.15) is 5.56 Å². The third-order valence-electron chi connectivity index (χ3n) is 2.44. The summed E-state index contributed by atoms with van der Waals surface area (Å²) in [4.78, 5) is 6.96. The largest absolute Gasteiger partial charge is 0.361 e. The molecule has 88 valence electrons. The molecule has 0 radical (unpaired) electrons. The number of H-pyrrole nitrogens is 1. The number of hydrogen-bond acceptors (Lipinski definition) is 3. The molecule has 0 saturated heterocycles. The van der Waals surface area contributed by atoms with Crippen LogP contribution in [-0.4, -0.2) is 16.5 Å². The molecular weight excluding hydrogens is 230 g/mol. The Hall–Kier alpha value is -1.65. The molecule has 0 fully saturated rings. The van der Waals surface area contributed by atoms with E-state index in [2.05, 4.69) is 28.2 Å². The summed E-state index contributed by atoms with van der Waals surface area (Å²) >= 11 is 1.60. The maximum atomic E-state index is 5.50. The van der Waals surface area contributed by atoms with Gasteiger partial charge in [0.1, 0.15) is 0 Å². The molecule has 0 spiro atoms. The number of para-hydroxylation sites is 1. The van der Waals surface area contributed by atoms with E-state index in [0.29, 0.717) is 6.54 Å². The molecule has 17 heavy (non-hydrogen) atoms. The first-order valence-corrected chi connectivity index (χ1v) is 6.43. The van der Waals surface area contributed by atoms with Crippen LogP contribution < -0.4 is 5.73 Å². The van der Waals surface area contributed by atoms with Gasteiger partial charge in [0.2, 0.25) is 0 Å². The van der Waals surface area contributed by atoms with Crippen LogP contribution in [0, 0.1) is 0 Å². The molecule has 2 heterocycles. The normalized spacial score (nSPS) is 9.94. The van der Waals surface area contributed by atoms with E-state index in [0.717, 1.165) is 6.42 Å². The Morgan fingerprint density at radius 2 is 2.18 bits per heavy atom. The third-order valence-corrected chi connectivity index (χ3v) is 2.96. The van der Waals surface area contributed by atoms with Crippen molar-refractivity contribution >= 4 is 22.2 Å². The van der Waals surface area contributed by atoms with Crippen molar-refractivity contribution in [2.24, 2.45) is 5.73 Å². The molecule has 0 amide bonds. The minimum atomic E-state index is 0.710. The summed E-state index contributed by atoms with van der Waals surface area (Å²) in [6, 6.07) is 8.29. The van der Waals surface area contributed by atoms with E-state index in [4.69, 9.17) is 5.73 Å². The van der Waals surface area contributed by atoms with Crippen LogP contribution in [0.4, 0.5) is 0 Å². The predicted octanol–water partition coefficient (Wildman–Crippen LogP) is 2.81. The van der Waals surface area contributed by atoms with Gasteiger partial charge in [-0.15, -0.1) is 11.3 Å². The molecule has 0 unspecified atom stereocenters. The molecule has 0 saturated carbocycles. The fraction of sp³-hybridized carbons (Fsp3) is 0.154. The lowest BCUT2D eigenvalue weighted by atomic mass is 10.1. The Morgan fingerprint density at radius 3 is 2.82 bits per heavy atom. The van der Waals surface area contributed by atoms with Crippen LogP contribution in [0.15, 0.2) is 47.5 Å². The fourth-order valence-electron chi connectivity index (χ4n) is 1.67. The van der Waals surface area contributed by atoms with Crippen LogP contribution in [0.2, 0.25) is 0 Å². The molecule has 3 aromatic rings. The lowest BCUT2D eigenvalue weighted by Gasteiger charge is -1.93. The van der Waals surface area contributed by atoms with Crippen molar-refractivity contribution in [3.05, 3.63) is 53.1 Å². The molecule has 0 atom stereocenters. The number of rotatable bonds is 2. The second-order valence-electron chi connectivity index (χ2n) is 3.57. The number of nitrogens with one attached hydrogen (secondary N) is 1. The van der Waals surface area contributed by atoms with Crippen LogP contribution in [0.25, 0.3) is 10.9 Å². The average Bonchev–Trinajstić information content (AvgIpc) is 3.02. The van der Waals surface area contributed by atoms with E-state index in [1.165, 1.54) is 16.5 Å². The molecule has 3 N–H and O–H groups in total. The Labute approximate surface area is 104 Å². The quantitative estimate of drug-likeness (QED) is 0.729. The average molecular weight is 245 g/mol. The van der Waals surface area contributed by atoms with Crippen LogP contribution >= 0.6 is 11.3 Å². The van der Waals surface area contributed by atoms with Gasteiger partial charge in [0.25, 0.3) is 0 Å². The van der Waals surface area contributed by atoms with E-state index in [-0.39, 0.29) is 0 Å². The van der Waals surface area contributed by atoms with Gasteiger partial charge in [-0.2, -0.15) is 0 Å². The Bertz CT molecular complexity index is 525. The number of hydrogen-bond donors (Lipinski definition) is 2. The lowest BCUT2D eigenvalue weighted by Crippen LogP contribution is -2.01. The van der Waals surface area contributed by atoms with Gasteiger partial charge in [-0.1, -0.05) is 18.2 Å². The Kier molecular flexibility index (Phi) is 4.30. The summed E-state index contributed by atoms with van der Waals surface area (Å²) in [6.45, 7) is 0.710. The second-order valence-corrected chi connectivity index (χ2v) is 4.33. The SMILES string of the molecule is NCCc1c[nH]c2ccccc12.c1cscn1. The minimum absolute atomic E-state index is 0.710. The number of aromatic amines is 1. The van der Waals surface area contributed by atoms with Crippen LogP contribution in [0.5, 0.6) is 0 Å². The number of benzene rings is 1. The maximum absolute atomic E-state index is 5.50. The van der Waals surface area contributed by atoms with Gasteiger partial charge >= 0.3 is 0 Å². The van der Waals surface area contributed by atoms with Gasteiger partial charge in [0, 0.05) is 28.7 Å². The van der Waals surface area contributed by atoms with E-state index in [1.54, 1.807) is 23.0 Å². The van der Waals surface area contributed by atoms with Gasteiger partial charge < -0.3 is 10.7 Å². The van der Waals surface area contributed by atoms with Gasteiger partial charge in [-0.05, 0) is 24.6 Å². The first-order chi connectivity index (χ1) is 8.42. The van der Waals surface area contributed by atoms with Crippen molar-refractivity contribution in [1.82, 2.24) is 9.97 Å². The first-order valence-electron chi connectivity index (χ1n) is 5.49. The van der Waals surface area contributed by atoms with Crippen molar-refractivity contribution in [2.45, 2.75) is 6.42 Å². The summed E-state index contributed by atoms with van der Waals surface area (Å²) in [6.07, 6.45) is 4.76. The number of aromatic nitrogens is 2. The number of nitrogens with two attached hydrogens (primary N) is 1. The van der Waals surface area contributed by atoms with Crippen molar-refractivity contribution in [2.75, 3.05) is 6.54 Å². The maximum Gasteiger partial charge on any atom is 0.0791 e. The molecule has 0 aliphatic carbocycles. The smallest absolute Gasteiger partial charge is 0.0791 e. The summed E-state index contributed by atoms with van der Waals surface area (Å²) in [5.41, 5.74) is 9.80. The zero-order valence-electron chi connectivity index (χ0n) is 9.47. The molecule has 3 nitrogen and oxygen atoms in total. The van der Waals surface area contributed by atoms with Crippen molar-refractivity contribution < 1.29 is 0 Å². The number of nitrogens with zero attached hydrogens (tertiary/aromatic N) is 1. The van der Waals surface area contributed by atoms with Crippen molar-refractivity contribution in [1.29, 1.82) is 0 Å². The van der Waals surface area contributed by atoms with Gasteiger partial charge in [0.05, 0.1) is 5.51 Å². The zero-order chi connectivity index (χ0) is 11.9. The fourth-order valence-corrected chi connectivity index (χ4v) is 2.02. The third kappa shape index (κ3) is 3.15. The molecular formula is C13H15N3S. The standard InChI is InChI=1S/C10H12N2.C3H3NS/c11-6-5-8-7-12-10-4-2-1-3-9(8)10;1-2-5-3-4-1/h1-4,7,12H,5-6,11H2;1-3H. The monoisotopic (exact) mass is 245 g/mol. The Morgan fingerprint density at radius 1 is 1.29 bits per heavy atom. The van der Waals surface area contributed by atoms with Crippen LogP contribution in [-0.2, 0) is 6.42 Å². The number of thiazole rings is 1. The highest BCUT2D eigenvalue weighted by Crippen LogP contribution is 2.17. The number of fused-ring (bicyclic) bond motifs is 1. The molecule has 2 aromatic heterocycles. The van der Waals surface area contributed by atoms with Crippen molar-refractivity contribution in [3.63, 3.8) is 0 Å². The van der Waals surface area contributed by atoms with E-state index in [1.807, 2.05) is 17.6 Å². The van der Waals surface area contributed by atoms with E-state index in [9.17, 15) is 0 Å². The summed E-state index contributed by atoms with van der Waals surface area (Å²) in [7, 11) is 0. The molecule has 0 aliphatic rings. The summed E-state index contributed by atoms with van der Waals surface area (Å²) in [5, 5.41) is 3.22. The summed E-state index contributed by atoms with van der Waals surface area (Å²) < 4.78 is 0. The molecule has 4 heteroatoms. The minimum Gasteiger partial charge on any atom is -0.361 e. The second kappa shape index (κ2) is 6.18. The first kappa shape index (κ1) is 11.8. The van der Waals surface area contributed by atoms with Gasteiger partial charge in [-0.3, -0.25) is 4.98 Å². The Balaban J connectivity index is 0.000000181. The van der Waals surface area contributed by atoms with E-state index < -0.39 is 0 Å². The topological polar surface area (TPSA) is 54.7 Å². The highest BCUT2D eigenvalue weighted by molar-refractivity contribution is 7.07. The van der Waals surface area contributed by atoms with Crippen molar-refractivity contribution in [3.8, 4) is 0 Å². The van der Waals surface area contributed by atoms with Gasteiger partial charge in [-0.25, -0.2) is 0 Å². The molecule has 0 aliphatic heterocycles. The zero-order valence-corrected chi connectivity index (χ0v) is 10.3. The van der Waals surface area contributed by atoms with Gasteiger partial charge in [0.15, 0.2) is 0 Å².